The molecule has 0 atom stereocenters. The average molecular weight is 335 g/mol. The standard InChI is InChI=1S/H2O3Si.Pb.Ti.2H/c1-4(2)3;;;;/h1-2H;;;;. The maximum Gasteiger partial charge on any atom is 0 e. The molecule has 2 radical (unpaired) electrons. The van der Waals surface area contributed by atoms with Gasteiger partial charge in [-0.25, -0.2) is 0 Å². The van der Waals surface area contributed by atoms with Crippen LogP contribution in [0.4, 0.5) is 0 Å². The van der Waals surface area contributed by atoms with Gasteiger partial charge in [0.25, 0.3) is 0 Å². The molecule has 6 heavy (non-hydrogen) atoms. The maximum absolute atomic E-state index is 8.74. The molecule has 34 valence electrons. The summed E-state index contributed by atoms with van der Waals surface area (Å²) in [6.45, 7) is 0. The summed E-state index contributed by atoms with van der Waals surface area (Å²) in [4.78, 5) is 14.3. The van der Waals surface area contributed by atoms with E-state index in [1.54, 1.807) is 0 Å². The first-order chi connectivity index (χ1) is 1.73. The summed E-state index contributed by atoms with van der Waals surface area (Å²) < 4.78 is 8.74. The molecule has 0 amide bonds. The molecule has 0 spiro atoms. The fraction of sp³-hybridized carbons (Fsp3) is 0. The van der Waals surface area contributed by atoms with Crippen LogP contribution in [0.5, 0.6) is 0 Å². The van der Waals surface area contributed by atoms with Crippen LogP contribution >= 0.6 is 0 Å². The van der Waals surface area contributed by atoms with Crippen molar-refractivity contribution in [1.82, 2.24) is 0 Å². The molecule has 0 aromatic rings. The molecule has 0 unspecified atom stereocenters. The van der Waals surface area contributed by atoms with Crippen LogP contribution in [0.25, 0.3) is 0 Å². The molecule has 0 aliphatic carbocycles. The Morgan fingerprint density at radius 1 is 1.33 bits per heavy atom. The first kappa shape index (κ1) is 15.7. The predicted molar refractivity (Wildman–Crippen MR) is 19.4 cm³/mol. The quantitative estimate of drug-likeness (QED) is 0.480. The Balaban J connectivity index is -0.0000000450. The molecule has 0 heterocycles. The van der Waals surface area contributed by atoms with E-state index in [0.717, 1.165) is 0 Å². The topological polar surface area (TPSA) is 57.5 Å². The SMILES string of the molecule is O=[Si](O)O.[PbH2].[Ti]. The van der Waals surface area contributed by atoms with Crippen LogP contribution in [0, 0.1) is 0 Å². The minimum absolute atomic E-state index is 0. The summed E-state index contributed by atoms with van der Waals surface area (Å²) >= 11 is 0. The molecule has 0 saturated carbocycles. The minimum atomic E-state index is -3.13. The molecule has 6 heteroatoms. The average Bonchev–Trinajstić information content (AvgIpc) is 0.811. The van der Waals surface area contributed by atoms with Gasteiger partial charge >= 0.3 is 36.5 Å². The molecule has 0 rings (SSSR count). The number of hydrogen-bond donors (Lipinski definition) is 2. The van der Waals surface area contributed by atoms with Gasteiger partial charge in [0.1, 0.15) is 0 Å². The first-order valence-electron chi connectivity index (χ1n) is 0.651. The second-order valence-electron chi connectivity index (χ2n) is 0.283. The third-order valence-electron chi connectivity index (χ3n) is 0. The van der Waals surface area contributed by atoms with E-state index in [4.69, 9.17) is 14.1 Å². The van der Waals surface area contributed by atoms with Crippen molar-refractivity contribution in [2.75, 3.05) is 0 Å². The minimum Gasteiger partial charge on any atom is 0 e. The number of rotatable bonds is 0. The Kier molecular flexibility index (Phi) is 24.9. The van der Waals surface area contributed by atoms with Crippen LogP contribution in [0.15, 0.2) is 0 Å². The van der Waals surface area contributed by atoms with Gasteiger partial charge in [0, 0.05) is 21.7 Å². The molecular weight excluding hydrogens is 331 g/mol. The van der Waals surface area contributed by atoms with E-state index in [9.17, 15) is 0 Å². The van der Waals surface area contributed by atoms with Gasteiger partial charge < -0.3 is 9.59 Å². The second kappa shape index (κ2) is 9.54. The van der Waals surface area contributed by atoms with Crippen LogP contribution < -0.4 is 0 Å². The Hall–Kier alpha value is 1.25. The van der Waals surface area contributed by atoms with Crippen LogP contribution in [0.3, 0.4) is 0 Å². The molecule has 3 nitrogen and oxygen atoms in total. The van der Waals surface area contributed by atoms with Crippen LogP contribution in [-0.4, -0.2) is 46.1 Å². The van der Waals surface area contributed by atoms with Crippen LogP contribution in [0.2, 0.25) is 0 Å². The van der Waals surface area contributed by atoms with Gasteiger partial charge in [-0.3, -0.25) is 4.46 Å². The Morgan fingerprint density at radius 2 is 1.33 bits per heavy atom. The van der Waals surface area contributed by atoms with Gasteiger partial charge in [-0.2, -0.15) is 0 Å². The summed E-state index contributed by atoms with van der Waals surface area (Å²) in [5.74, 6) is 0. The third-order valence-corrected chi connectivity index (χ3v) is 0. The summed E-state index contributed by atoms with van der Waals surface area (Å²) in [6, 6.07) is 0. The van der Waals surface area contributed by atoms with E-state index in [-0.39, 0.29) is 49.0 Å². The molecule has 0 aliphatic heterocycles. The third kappa shape index (κ3) is 60.5. The zero-order valence-electron chi connectivity index (χ0n) is 3.01. The van der Waals surface area contributed by atoms with Crippen molar-refractivity contribution in [3.63, 3.8) is 0 Å². The summed E-state index contributed by atoms with van der Waals surface area (Å²) in [5.41, 5.74) is 0. The second-order valence-corrected chi connectivity index (χ2v) is 0.848. The van der Waals surface area contributed by atoms with Crippen LogP contribution in [-0.2, 0) is 26.2 Å². The van der Waals surface area contributed by atoms with Crippen molar-refractivity contribution in [2.24, 2.45) is 0 Å². The van der Waals surface area contributed by atoms with Crippen molar-refractivity contribution in [3.05, 3.63) is 0 Å². The molecule has 0 aliphatic rings. The molecule has 0 aromatic carbocycles. The fourth-order valence-corrected chi connectivity index (χ4v) is 0. The van der Waals surface area contributed by atoms with Crippen LogP contribution in [0.1, 0.15) is 0 Å². The van der Waals surface area contributed by atoms with Crippen molar-refractivity contribution in [1.29, 1.82) is 0 Å². The van der Waals surface area contributed by atoms with E-state index in [1.807, 2.05) is 0 Å². The molecule has 2 N–H and O–H groups in total. The Bertz CT molecular complexity index is 33.8. The normalized spacial score (nSPS) is 4.00. The van der Waals surface area contributed by atoms with E-state index >= 15 is 0 Å². The number of hydrogen-bond acceptors (Lipinski definition) is 1. The summed E-state index contributed by atoms with van der Waals surface area (Å²) in [7, 11) is -3.13. The van der Waals surface area contributed by atoms with Crippen molar-refractivity contribution < 1.29 is 35.8 Å². The Morgan fingerprint density at radius 3 is 1.33 bits per heavy atom. The van der Waals surface area contributed by atoms with Gasteiger partial charge in [-0.15, -0.1) is 0 Å². The fourth-order valence-electron chi connectivity index (χ4n) is 0. The zero-order valence-corrected chi connectivity index (χ0v) is 11.1. The molecule has 0 fully saturated rings. The van der Waals surface area contributed by atoms with Gasteiger partial charge in [-0.1, -0.05) is 0 Å². The zero-order chi connectivity index (χ0) is 3.58. The van der Waals surface area contributed by atoms with Crippen molar-refractivity contribution in [2.45, 2.75) is 0 Å². The summed E-state index contributed by atoms with van der Waals surface area (Å²) in [6.07, 6.45) is 0. The van der Waals surface area contributed by atoms with Gasteiger partial charge in [-0.05, 0) is 0 Å². The largest absolute Gasteiger partial charge is 0 e. The molecule has 0 bridgehead atoms. The van der Waals surface area contributed by atoms with Crippen molar-refractivity contribution in [3.8, 4) is 0 Å². The Labute approximate surface area is 71.7 Å². The molecule has 0 aromatic heterocycles. The van der Waals surface area contributed by atoms with E-state index < -0.39 is 9.17 Å². The predicted octanol–water partition coefficient (Wildman–Crippen LogP) is -2.53. The monoisotopic (exact) mass is 336 g/mol. The first-order valence-corrected chi connectivity index (χ1v) is 1.95. The van der Waals surface area contributed by atoms with E-state index in [2.05, 4.69) is 0 Å². The maximum atomic E-state index is 8.74. The van der Waals surface area contributed by atoms with E-state index in [1.165, 1.54) is 0 Å². The smallest absolute Gasteiger partial charge is 0 e. The van der Waals surface area contributed by atoms with Gasteiger partial charge in [0.2, 0.25) is 0 Å². The van der Waals surface area contributed by atoms with Gasteiger partial charge in [0.15, 0.2) is 0 Å². The molecule has 0 saturated heterocycles. The van der Waals surface area contributed by atoms with E-state index in [0.29, 0.717) is 0 Å². The van der Waals surface area contributed by atoms with Gasteiger partial charge in [0.05, 0.1) is 0 Å². The van der Waals surface area contributed by atoms with Crippen molar-refractivity contribution >= 4 is 36.5 Å². The molecular formula is H4O3PbSiTi. The summed E-state index contributed by atoms with van der Waals surface area (Å²) in [5, 5.41) is 0.